The number of nitrogens with one attached hydrogen (secondary N) is 1. The Morgan fingerprint density at radius 3 is 2.81 bits per heavy atom. The van der Waals surface area contributed by atoms with Crippen molar-refractivity contribution >= 4 is 5.91 Å². The summed E-state index contributed by atoms with van der Waals surface area (Å²) >= 11 is 0. The summed E-state index contributed by atoms with van der Waals surface area (Å²) in [6, 6.07) is 8.86. The fourth-order valence-electron chi connectivity index (χ4n) is 1.82. The number of nitrogens with two attached hydrogens (primary N) is 1. The summed E-state index contributed by atoms with van der Waals surface area (Å²) < 4.78 is 5.43. The van der Waals surface area contributed by atoms with Gasteiger partial charge in [-0.15, -0.1) is 0 Å². The van der Waals surface area contributed by atoms with E-state index >= 15 is 0 Å². The van der Waals surface area contributed by atoms with Crippen LogP contribution in [0.15, 0.2) is 24.3 Å². The topological polar surface area (TPSA) is 108 Å². The van der Waals surface area contributed by atoms with Gasteiger partial charge in [0, 0.05) is 18.5 Å². The van der Waals surface area contributed by atoms with E-state index in [1.54, 1.807) is 24.3 Å². The number of β-amino-alcohol motifs (C(OH)–C–C–N with tert-alkyl or cyclic N) is 1. The molecule has 0 aliphatic carbocycles. The van der Waals surface area contributed by atoms with Crippen LogP contribution in [0.2, 0.25) is 0 Å². The lowest BCUT2D eigenvalue weighted by Gasteiger charge is -2.26. The number of primary amides is 1. The summed E-state index contributed by atoms with van der Waals surface area (Å²) in [6.07, 6.45) is -0.582. The Hall–Kier alpha value is -2.10. The Labute approximate surface area is 124 Å². The number of nitriles is 1. The number of ether oxygens (including phenoxy) is 1. The number of carbonyl (C=O) groups excluding carboxylic acids is 1. The SMILES string of the molecule is CC(C)(CC(N)=O)NCC(O)COc1ccccc1C#N. The van der Waals surface area contributed by atoms with Gasteiger partial charge in [-0.25, -0.2) is 0 Å². The van der Waals surface area contributed by atoms with E-state index in [1.165, 1.54) is 0 Å². The predicted octanol–water partition coefficient (Wildman–Crippen LogP) is 0.542. The normalized spacial score (nSPS) is 12.5. The summed E-state index contributed by atoms with van der Waals surface area (Å²) in [5.74, 6) is 0.0385. The molecule has 0 saturated heterocycles. The Kier molecular flexibility index (Phi) is 6.15. The minimum atomic E-state index is -0.760. The molecule has 1 aromatic carbocycles. The van der Waals surface area contributed by atoms with Gasteiger partial charge in [-0.2, -0.15) is 5.26 Å². The van der Waals surface area contributed by atoms with E-state index < -0.39 is 17.6 Å². The largest absolute Gasteiger partial charge is 0.489 e. The number of para-hydroxylation sites is 1. The molecule has 1 unspecified atom stereocenters. The standard InChI is InChI=1S/C15H21N3O3/c1-15(2,7-14(17)20)18-9-12(19)10-21-13-6-4-3-5-11(13)8-16/h3-6,12,18-19H,7,9-10H2,1-2H3,(H2,17,20). The monoisotopic (exact) mass is 291 g/mol. The zero-order valence-electron chi connectivity index (χ0n) is 12.3. The number of rotatable bonds is 8. The minimum Gasteiger partial charge on any atom is -0.489 e. The molecular weight excluding hydrogens is 270 g/mol. The highest BCUT2D eigenvalue weighted by atomic mass is 16.5. The molecule has 4 N–H and O–H groups in total. The molecule has 1 rings (SSSR count). The van der Waals surface area contributed by atoms with Crippen molar-refractivity contribution in [3.05, 3.63) is 29.8 Å². The third kappa shape index (κ3) is 6.25. The van der Waals surface area contributed by atoms with E-state index in [4.69, 9.17) is 15.7 Å². The van der Waals surface area contributed by atoms with Crippen molar-refractivity contribution in [2.24, 2.45) is 5.73 Å². The van der Waals surface area contributed by atoms with Gasteiger partial charge >= 0.3 is 0 Å². The highest BCUT2D eigenvalue weighted by Gasteiger charge is 2.21. The van der Waals surface area contributed by atoms with Crippen molar-refractivity contribution in [1.82, 2.24) is 5.32 Å². The molecule has 0 saturated carbocycles. The molecule has 0 aromatic heterocycles. The number of benzene rings is 1. The number of hydrogen-bond donors (Lipinski definition) is 3. The maximum Gasteiger partial charge on any atom is 0.219 e. The van der Waals surface area contributed by atoms with Crippen LogP contribution >= 0.6 is 0 Å². The van der Waals surface area contributed by atoms with E-state index in [1.807, 2.05) is 19.9 Å². The van der Waals surface area contributed by atoms with Crippen molar-refractivity contribution in [3.8, 4) is 11.8 Å². The van der Waals surface area contributed by atoms with Gasteiger partial charge in [0.15, 0.2) is 0 Å². The number of aliphatic hydroxyl groups is 1. The molecule has 1 amide bonds. The van der Waals surface area contributed by atoms with E-state index in [0.29, 0.717) is 11.3 Å². The van der Waals surface area contributed by atoms with Crippen molar-refractivity contribution in [2.75, 3.05) is 13.2 Å². The number of hydrogen-bond acceptors (Lipinski definition) is 5. The first kappa shape index (κ1) is 17.0. The number of amides is 1. The predicted molar refractivity (Wildman–Crippen MR) is 78.6 cm³/mol. The molecule has 0 aliphatic rings. The zero-order chi connectivity index (χ0) is 15.9. The van der Waals surface area contributed by atoms with Crippen LogP contribution in [0, 0.1) is 11.3 Å². The van der Waals surface area contributed by atoms with Gasteiger partial charge in [0.1, 0.15) is 24.5 Å². The van der Waals surface area contributed by atoms with E-state index in [9.17, 15) is 9.90 Å². The molecule has 0 spiro atoms. The van der Waals surface area contributed by atoms with Crippen LogP contribution in [0.3, 0.4) is 0 Å². The fraction of sp³-hybridized carbons (Fsp3) is 0.467. The Balaban J connectivity index is 2.43. The molecule has 0 heterocycles. The van der Waals surface area contributed by atoms with Gasteiger partial charge in [-0.3, -0.25) is 4.79 Å². The van der Waals surface area contributed by atoms with Gasteiger partial charge in [0.05, 0.1) is 5.56 Å². The maximum atomic E-state index is 10.9. The molecule has 6 heteroatoms. The summed E-state index contributed by atoms with van der Waals surface area (Å²) in [5, 5.41) is 21.9. The number of nitrogens with zero attached hydrogens (tertiary/aromatic N) is 1. The first-order chi connectivity index (χ1) is 9.84. The third-order valence-corrected chi connectivity index (χ3v) is 2.87. The second-order valence-corrected chi connectivity index (χ2v) is 5.48. The first-order valence-electron chi connectivity index (χ1n) is 6.67. The van der Waals surface area contributed by atoms with Crippen molar-refractivity contribution in [1.29, 1.82) is 5.26 Å². The highest BCUT2D eigenvalue weighted by Crippen LogP contribution is 2.16. The fourth-order valence-corrected chi connectivity index (χ4v) is 1.82. The molecule has 0 aliphatic heterocycles. The van der Waals surface area contributed by atoms with Crippen molar-refractivity contribution in [2.45, 2.75) is 31.9 Å². The van der Waals surface area contributed by atoms with Crippen LogP contribution in [-0.4, -0.2) is 35.8 Å². The summed E-state index contributed by atoms with van der Waals surface area (Å²) in [7, 11) is 0. The summed E-state index contributed by atoms with van der Waals surface area (Å²) in [6.45, 7) is 3.97. The number of carbonyl (C=O) groups is 1. The molecule has 21 heavy (non-hydrogen) atoms. The molecule has 0 bridgehead atoms. The van der Waals surface area contributed by atoms with Crippen LogP contribution in [0.1, 0.15) is 25.8 Å². The van der Waals surface area contributed by atoms with Gasteiger partial charge in [-0.05, 0) is 26.0 Å². The van der Waals surface area contributed by atoms with E-state index in [0.717, 1.165) is 0 Å². The second-order valence-electron chi connectivity index (χ2n) is 5.48. The quantitative estimate of drug-likeness (QED) is 0.648. The average molecular weight is 291 g/mol. The molecule has 0 radical (unpaired) electrons. The van der Waals surface area contributed by atoms with Crippen LogP contribution in [0.4, 0.5) is 0 Å². The summed E-state index contributed by atoms with van der Waals surface area (Å²) in [4.78, 5) is 10.9. The smallest absolute Gasteiger partial charge is 0.219 e. The molecule has 1 aromatic rings. The van der Waals surface area contributed by atoms with Gasteiger partial charge in [0.2, 0.25) is 5.91 Å². The zero-order valence-corrected chi connectivity index (χ0v) is 12.3. The molecule has 6 nitrogen and oxygen atoms in total. The second kappa shape index (κ2) is 7.62. The van der Waals surface area contributed by atoms with Crippen LogP contribution in [0.25, 0.3) is 0 Å². The lowest BCUT2D eigenvalue weighted by Crippen LogP contribution is -2.46. The minimum absolute atomic E-state index is 0.0539. The number of aliphatic hydroxyl groups excluding tert-OH is 1. The van der Waals surface area contributed by atoms with E-state index in [2.05, 4.69) is 5.32 Å². The molecule has 1 atom stereocenters. The van der Waals surface area contributed by atoms with Crippen molar-refractivity contribution in [3.63, 3.8) is 0 Å². The maximum absolute atomic E-state index is 10.9. The molecule has 0 fully saturated rings. The van der Waals surface area contributed by atoms with E-state index in [-0.39, 0.29) is 19.6 Å². The average Bonchev–Trinajstić information content (AvgIpc) is 2.42. The van der Waals surface area contributed by atoms with Gasteiger partial charge in [0.25, 0.3) is 0 Å². The lowest BCUT2D eigenvalue weighted by molar-refractivity contribution is -0.119. The van der Waals surface area contributed by atoms with Crippen LogP contribution in [0.5, 0.6) is 5.75 Å². The molecule has 114 valence electrons. The van der Waals surface area contributed by atoms with Crippen LogP contribution in [-0.2, 0) is 4.79 Å². The Morgan fingerprint density at radius 1 is 1.52 bits per heavy atom. The highest BCUT2D eigenvalue weighted by molar-refractivity contribution is 5.74. The van der Waals surface area contributed by atoms with Crippen LogP contribution < -0.4 is 15.8 Å². The lowest BCUT2D eigenvalue weighted by atomic mass is 10.0. The molecular formula is C15H21N3O3. The summed E-state index contributed by atoms with van der Waals surface area (Å²) in [5.41, 5.74) is 5.09. The van der Waals surface area contributed by atoms with Gasteiger partial charge in [-0.1, -0.05) is 12.1 Å². The first-order valence-corrected chi connectivity index (χ1v) is 6.67. The third-order valence-electron chi connectivity index (χ3n) is 2.87. The van der Waals surface area contributed by atoms with Gasteiger partial charge < -0.3 is 20.9 Å². The Bertz CT molecular complexity index is 523. The Morgan fingerprint density at radius 2 is 2.19 bits per heavy atom. The van der Waals surface area contributed by atoms with Crippen molar-refractivity contribution < 1.29 is 14.6 Å².